The minimum atomic E-state index is 0.416. The molecule has 104 valence electrons. The lowest BCUT2D eigenvalue weighted by molar-refractivity contribution is 0.834. The van der Waals surface area contributed by atoms with Crippen molar-refractivity contribution in [3.8, 4) is 6.07 Å². The van der Waals surface area contributed by atoms with Crippen LogP contribution in [0.2, 0.25) is 0 Å². The first-order valence-corrected chi connectivity index (χ1v) is 8.40. The van der Waals surface area contributed by atoms with E-state index in [0.29, 0.717) is 11.5 Å². The maximum Gasteiger partial charge on any atom is 0.187 e. The van der Waals surface area contributed by atoms with E-state index >= 15 is 0 Å². The van der Waals surface area contributed by atoms with Gasteiger partial charge in [-0.3, -0.25) is 0 Å². The van der Waals surface area contributed by atoms with Crippen LogP contribution in [0, 0.1) is 11.3 Å². The number of thioether (sulfide) groups is 1. The highest BCUT2D eigenvalue weighted by Crippen LogP contribution is 2.31. The molecule has 1 aromatic carbocycles. The molecule has 0 atom stereocenters. The molecule has 5 heteroatoms. The van der Waals surface area contributed by atoms with Crippen LogP contribution in [0.3, 0.4) is 0 Å². The van der Waals surface area contributed by atoms with Crippen molar-refractivity contribution in [1.82, 2.24) is 4.98 Å². The Morgan fingerprint density at radius 1 is 1.45 bits per heavy atom. The van der Waals surface area contributed by atoms with Crippen LogP contribution in [0.1, 0.15) is 37.9 Å². The van der Waals surface area contributed by atoms with Gasteiger partial charge in [0.1, 0.15) is 6.07 Å². The average Bonchev–Trinajstić information content (AvgIpc) is 2.88. The molecule has 0 saturated carbocycles. The Morgan fingerprint density at radius 2 is 2.25 bits per heavy atom. The molecule has 3 nitrogen and oxygen atoms in total. The van der Waals surface area contributed by atoms with Gasteiger partial charge in [-0.1, -0.05) is 26.8 Å². The highest BCUT2D eigenvalue weighted by Gasteiger charge is 2.11. The lowest BCUT2D eigenvalue weighted by Crippen LogP contribution is -1.96. The summed E-state index contributed by atoms with van der Waals surface area (Å²) < 4.78 is 0. The van der Waals surface area contributed by atoms with E-state index in [0.717, 1.165) is 27.2 Å². The zero-order valence-electron chi connectivity index (χ0n) is 11.8. The molecule has 0 aliphatic rings. The van der Waals surface area contributed by atoms with Crippen molar-refractivity contribution < 1.29 is 0 Å². The first kappa shape index (κ1) is 14.9. The van der Waals surface area contributed by atoms with Crippen molar-refractivity contribution in [1.29, 1.82) is 5.26 Å². The van der Waals surface area contributed by atoms with Gasteiger partial charge in [0.15, 0.2) is 5.13 Å². The number of thiazole rings is 1. The summed E-state index contributed by atoms with van der Waals surface area (Å²) in [7, 11) is 0. The molecule has 2 rings (SSSR count). The summed E-state index contributed by atoms with van der Waals surface area (Å²) in [6.45, 7) is 6.33. The molecule has 1 aromatic heterocycles. The van der Waals surface area contributed by atoms with Crippen LogP contribution in [0.15, 0.2) is 28.5 Å². The quantitative estimate of drug-likeness (QED) is 0.790. The summed E-state index contributed by atoms with van der Waals surface area (Å²) in [6.07, 6.45) is 0. The molecule has 0 fully saturated rings. The lowest BCUT2D eigenvalue weighted by atomic mass is 10.2. The van der Waals surface area contributed by atoms with Crippen LogP contribution in [0.5, 0.6) is 0 Å². The van der Waals surface area contributed by atoms with Gasteiger partial charge in [-0.25, -0.2) is 4.98 Å². The topological polar surface area (TPSA) is 48.7 Å². The number of anilines is 2. The molecule has 0 unspecified atom stereocenters. The molecule has 0 aliphatic carbocycles. The molecule has 1 heterocycles. The van der Waals surface area contributed by atoms with Crippen molar-refractivity contribution in [3.05, 3.63) is 34.8 Å². The van der Waals surface area contributed by atoms with Crippen LogP contribution in [0.25, 0.3) is 0 Å². The van der Waals surface area contributed by atoms with Gasteiger partial charge < -0.3 is 5.32 Å². The second-order valence-corrected chi connectivity index (χ2v) is 6.74. The molecule has 0 spiro atoms. The number of aromatic nitrogens is 1. The summed E-state index contributed by atoms with van der Waals surface area (Å²) >= 11 is 3.25. The van der Waals surface area contributed by atoms with Crippen molar-refractivity contribution in [2.45, 2.75) is 31.6 Å². The standard InChI is InChI=1S/C15H17N3S2/c1-4-19-14-7-5-6-12(11(14)8-16)17-15-18-13(9-20-15)10(2)3/h5-7,9-10H,4H2,1-3H3,(H,17,18). The number of nitriles is 1. The molecule has 0 saturated heterocycles. The Balaban J connectivity index is 2.28. The van der Waals surface area contributed by atoms with Gasteiger partial charge in [0.2, 0.25) is 0 Å². The largest absolute Gasteiger partial charge is 0.330 e. The summed E-state index contributed by atoms with van der Waals surface area (Å²) in [5, 5.41) is 15.5. The second-order valence-electron chi connectivity index (χ2n) is 4.58. The minimum absolute atomic E-state index is 0.416. The average molecular weight is 303 g/mol. The van der Waals surface area contributed by atoms with Crippen molar-refractivity contribution >= 4 is 33.9 Å². The maximum absolute atomic E-state index is 9.38. The van der Waals surface area contributed by atoms with E-state index in [1.807, 2.05) is 18.2 Å². The van der Waals surface area contributed by atoms with E-state index in [2.05, 4.69) is 42.5 Å². The smallest absolute Gasteiger partial charge is 0.187 e. The van der Waals surface area contributed by atoms with E-state index in [4.69, 9.17) is 0 Å². The molecule has 0 aliphatic heterocycles. The molecular formula is C15H17N3S2. The number of benzene rings is 1. The molecule has 20 heavy (non-hydrogen) atoms. The van der Waals surface area contributed by atoms with Crippen molar-refractivity contribution in [2.24, 2.45) is 0 Å². The number of nitrogens with zero attached hydrogens (tertiary/aromatic N) is 2. The molecule has 0 amide bonds. The number of hydrogen-bond acceptors (Lipinski definition) is 5. The van der Waals surface area contributed by atoms with Gasteiger partial charge in [0, 0.05) is 10.3 Å². The fourth-order valence-corrected chi connectivity index (χ4v) is 3.42. The second kappa shape index (κ2) is 6.78. The SMILES string of the molecule is CCSc1cccc(Nc2nc(C(C)C)cs2)c1C#N. The number of nitrogens with one attached hydrogen (secondary N) is 1. The molecule has 1 N–H and O–H groups in total. The van der Waals surface area contributed by atoms with Crippen molar-refractivity contribution in [2.75, 3.05) is 11.1 Å². The first-order valence-electron chi connectivity index (χ1n) is 6.54. The van der Waals surface area contributed by atoms with Crippen LogP contribution in [-0.2, 0) is 0 Å². The van der Waals surface area contributed by atoms with Crippen LogP contribution < -0.4 is 5.32 Å². The zero-order chi connectivity index (χ0) is 14.5. The third-order valence-electron chi connectivity index (χ3n) is 2.79. The van der Waals surface area contributed by atoms with Gasteiger partial charge >= 0.3 is 0 Å². The fraction of sp³-hybridized carbons (Fsp3) is 0.333. The van der Waals surface area contributed by atoms with E-state index < -0.39 is 0 Å². The third-order valence-corrected chi connectivity index (χ3v) is 4.51. The Morgan fingerprint density at radius 3 is 2.85 bits per heavy atom. The molecular weight excluding hydrogens is 286 g/mol. The van der Waals surface area contributed by atoms with E-state index in [-0.39, 0.29) is 0 Å². The van der Waals surface area contributed by atoms with Gasteiger partial charge in [0.05, 0.1) is 16.9 Å². The maximum atomic E-state index is 9.38. The van der Waals surface area contributed by atoms with Crippen LogP contribution >= 0.6 is 23.1 Å². The van der Waals surface area contributed by atoms with Crippen LogP contribution in [0.4, 0.5) is 10.8 Å². The van der Waals surface area contributed by atoms with Crippen molar-refractivity contribution in [3.63, 3.8) is 0 Å². The molecule has 0 bridgehead atoms. The lowest BCUT2D eigenvalue weighted by Gasteiger charge is -2.09. The number of hydrogen-bond donors (Lipinski definition) is 1. The third kappa shape index (κ3) is 3.33. The monoisotopic (exact) mass is 303 g/mol. The van der Waals surface area contributed by atoms with Gasteiger partial charge in [0.25, 0.3) is 0 Å². The van der Waals surface area contributed by atoms with E-state index in [1.165, 1.54) is 0 Å². The highest BCUT2D eigenvalue weighted by molar-refractivity contribution is 7.99. The predicted molar refractivity (Wildman–Crippen MR) is 87.0 cm³/mol. The molecule has 2 aromatic rings. The predicted octanol–water partition coefficient (Wildman–Crippen LogP) is 4.99. The Kier molecular flexibility index (Phi) is 5.05. The Labute approximate surface area is 128 Å². The fourth-order valence-electron chi connectivity index (χ4n) is 1.75. The minimum Gasteiger partial charge on any atom is -0.330 e. The van der Waals surface area contributed by atoms with Gasteiger partial charge in [-0.2, -0.15) is 5.26 Å². The van der Waals surface area contributed by atoms with Crippen LogP contribution in [-0.4, -0.2) is 10.7 Å². The van der Waals surface area contributed by atoms with E-state index in [1.54, 1.807) is 23.1 Å². The summed E-state index contributed by atoms with van der Waals surface area (Å²) in [4.78, 5) is 5.56. The summed E-state index contributed by atoms with van der Waals surface area (Å²) in [5.74, 6) is 1.37. The highest BCUT2D eigenvalue weighted by atomic mass is 32.2. The summed E-state index contributed by atoms with van der Waals surface area (Å²) in [5.41, 5.74) is 2.60. The van der Waals surface area contributed by atoms with E-state index in [9.17, 15) is 5.26 Å². The first-order chi connectivity index (χ1) is 9.65. The number of rotatable bonds is 5. The normalized spacial score (nSPS) is 10.6. The molecule has 0 radical (unpaired) electrons. The van der Waals surface area contributed by atoms with Gasteiger partial charge in [-0.15, -0.1) is 23.1 Å². The zero-order valence-corrected chi connectivity index (χ0v) is 13.4. The summed E-state index contributed by atoms with van der Waals surface area (Å²) in [6, 6.07) is 8.17. The Bertz CT molecular complexity index is 626. The van der Waals surface area contributed by atoms with Gasteiger partial charge in [-0.05, 0) is 23.8 Å². The Hall–Kier alpha value is -1.51.